The van der Waals surface area contributed by atoms with Gasteiger partial charge in [-0.15, -0.1) is 0 Å². The van der Waals surface area contributed by atoms with Gasteiger partial charge >= 0.3 is 6.03 Å². The molecule has 0 unspecified atom stereocenters. The molecule has 0 aliphatic heterocycles. The third-order valence-corrected chi connectivity index (χ3v) is 3.49. The smallest absolute Gasteiger partial charge is 0.319 e. The third-order valence-electron chi connectivity index (χ3n) is 3.49. The minimum atomic E-state index is -0.287. The van der Waals surface area contributed by atoms with Gasteiger partial charge in [0.1, 0.15) is 18.1 Å². The van der Waals surface area contributed by atoms with E-state index in [1.54, 1.807) is 0 Å². The lowest BCUT2D eigenvalue weighted by molar-refractivity contribution is 0.240. The Balaban J connectivity index is 1.75. The number of rotatable bonds is 8. The van der Waals surface area contributed by atoms with Crippen LogP contribution in [0.15, 0.2) is 48.5 Å². The Morgan fingerprint density at radius 2 is 1.80 bits per heavy atom. The molecule has 2 aromatic carbocycles. The summed E-state index contributed by atoms with van der Waals surface area (Å²) in [6, 6.07) is 15.1. The molecule has 2 amide bonds. The number of aryl methyl sites for hydroxylation is 1. The van der Waals surface area contributed by atoms with Crippen LogP contribution in [0.4, 0.5) is 10.5 Å². The van der Waals surface area contributed by atoms with Gasteiger partial charge in [-0.1, -0.05) is 31.2 Å². The van der Waals surface area contributed by atoms with Crippen LogP contribution in [0.3, 0.4) is 0 Å². The second-order valence-electron chi connectivity index (χ2n) is 5.89. The van der Waals surface area contributed by atoms with Crippen molar-refractivity contribution in [1.82, 2.24) is 5.32 Å². The van der Waals surface area contributed by atoms with Crippen LogP contribution in [0.25, 0.3) is 0 Å². The van der Waals surface area contributed by atoms with Crippen molar-refractivity contribution in [1.29, 1.82) is 0 Å². The Kier molecular flexibility index (Phi) is 7.14. The molecule has 0 fully saturated rings. The standard InChI is InChI=1S/C20H26N2O3/c1-4-16-9-11-17(12-10-16)24-14-13-21-20(23)22-18-7-5-6-8-19(18)25-15(2)3/h5-12,15H,4,13-14H2,1-3H3,(H2,21,22,23). The molecule has 2 rings (SSSR count). The maximum atomic E-state index is 12.0. The Labute approximate surface area is 149 Å². The van der Waals surface area contributed by atoms with Crippen molar-refractivity contribution < 1.29 is 14.3 Å². The van der Waals surface area contributed by atoms with Crippen molar-refractivity contribution in [2.24, 2.45) is 0 Å². The van der Waals surface area contributed by atoms with Crippen molar-refractivity contribution in [2.75, 3.05) is 18.5 Å². The maximum absolute atomic E-state index is 12.0. The normalized spacial score (nSPS) is 10.4. The predicted octanol–water partition coefficient (Wildman–Crippen LogP) is 4.24. The number of amides is 2. The molecule has 0 spiro atoms. The zero-order chi connectivity index (χ0) is 18.1. The van der Waals surface area contributed by atoms with E-state index in [1.807, 2.05) is 62.4 Å². The van der Waals surface area contributed by atoms with Gasteiger partial charge in [0.2, 0.25) is 0 Å². The van der Waals surface area contributed by atoms with Gasteiger partial charge in [0, 0.05) is 0 Å². The molecule has 2 aromatic rings. The molecule has 0 aromatic heterocycles. The molecule has 0 saturated carbocycles. The van der Waals surface area contributed by atoms with Gasteiger partial charge in [-0.2, -0.15) is 0 Å². The molecule has 0 aliphatic rings. The first kappa shape index (κ1) is 18.6. The van der Waals surface area contributed by atoms with E-state index < -0.39 is 0 Å². The first-order chi connectivity index (χ1) is 12.1. The number of para-hydroxylation sites is 2. The molecule has 134 valence electrons. The Bertz CT molecular complexity index is 669. The van der Waals surface area contributed by atoms with Crippen LogP contribution < -0.4 is 20.1 Å². The molecule has 0 aliphatic carbocycles. The molecule has 0 bridgehead atoms. The minimum Gasteiger partial charge on any atom is -0.492 e. The first-order valence-corrected chi connectivity index (χ1v) is 8.60. The summed E-state index contributed by atoms with van der Waals surface area (Å²) >= 11 is 0. The number of hydrogen-bond acceptors (Lipinski definition) is 3. The molecular weight excluding hydrogens is 316 g/mol. The lowest BCUT2D eigenvalue weighted by Crippen LogP contribution is -2.32. The topological polar surface area (TPSA) is 59.6 Å². The summed E-state index contributed by atoms with van der Waals surface area (Å²) in [5, 5.41) is 5.57. The number of anilines is 1. The van der Waals surface area contributed by atoms with E-state index in [4.69, 9.17) is 9.47 Å². The summed E-state index contributed by atoms with van der Waals surface area (Å²) in [5.41, 5.74) is 1.91. The summed E-state index contributed by atoms with van der Waals surface area (Å²) in [6.45, 7) is 6.82. The molecule has 25 heavy (non-hydrogen) atoms. The Morgan fingerprint density at radius 3 is 2.48 bits per heavy atom. The average molecular weight is 342 g/mol. The minimum absolute atomic E-state index is 0.0403. The summed E-state index contributed by atoms with van der Waals surface area (Å²) in [7, 11) is 0. The molecule has 0 saturated heterocycles. The van der Waals surface area contributed by atoms with Crippen LogP contribution in [0.2, 0.25) is 0 Å². The number of ether oxygens (including phenoxy) is 2. The highest BCUT2D eigenvalue weighted by Crippen LogP contribution is 2.24. The van der Waals surface area contributed by atoms with Gasteiger partial charge in [0.25, 0.3) is 0 Å². The first-order valence-electron chi connectivity index (χ1n) is 8.60. The Morgan fingerprint density at radius 1 is 1.08 bits per heavy atom. The van der Waals surface area contributed by atoms with Crippen LogP contribution in [0.5, 0.6) is 11.5 Å². The van der Waals surface area contributed by atoms with Gasteiger partial charge in [-0.05, 0) is 50.1 Å². The fourth-order valence-electron chi connectivity index (χ4n) is 2.25. The number of carbonyl (C=O) groups excluding carboxylic acids is 1. The van der Waals surface area contributed by atoms with Crippen molar-refractivity contribution in [3.05, 3.63) is 54.1 Å². The van der Waals surface area contributed by atoms with Gasteiger partial charge in [-0.25, -0.2) is 4.79 Å². The summed E-state index contributed by atoms with van der Waals surface area (Å²) in [4.78, 5) is 12.0. The van der Waals surface area contributed by atoms with Gasteiger partial charge < -0.3 is 20.1 Å². The maximum Gasteiger partial charge on any atom is 0.319 e. The predicted molar refractivity (Wildman–Crippen MR) is 101 cm³/mol. The van der Waals surface area contributed by atoms with E-state index >= 15 is 0 Å². The number of hydrogen-bond donors (Lipinski definition) is 2. The zero-order valence-electron chi connectivity index (χ0n) is 15.0. The van der Waals surface area contributed by atoms with E-state index in [0.29, 0.717) is 24.6 Å². The molecule has 5 heteroatoms. The van der Waals surface area contributed by atoms with Crippen molar-refractivity contribution in [3.63, 3.8) is 0 Å². The lowest BCUT2D eigenvalue weighted by atomic mass is 10.2. The van der Waals surface area contributed by atoms with E-state index in [9.17, 15) is 4.79 Å². The molecule has 5 nitrogen and oxygen atoms in total. The highest BCUT2D eigenvalue weighted by molar-refractivity contribution is 5.90. The number of carbonyl (C=O) groups is 1. The molecule has 0 atom stereocenters. The van der Waals surface area contributed by atoms with Crippen molar-refractivity contribution >= 4 is 11.7 Å². The van der Waals surface area contributed by atoms with Crippen LogP contribution in [0, 0.1) is 0 Å². The molecule has 2 N–H and O–H groups in total. The van der Waals surface area contributed by atoms with Crippen LogP contribution in [0.1, 0.15) is 26.3 Å². The average Bonchev–Trinajstić information content (AvgIpc) is 2.60. The second kappa shape index (κ2) is 9.57. The largest absolute Gasteiger partial charge is 0.492 e. The SMILES string of the molecule is CCc1ccc(OCCNC(=O)Nc2ccccc2OC(C)C)cc1. The number of benzene rings is 2. The van der Waals surface area contributed by atoms with Gasteiger partial charge in [0.15, 0.2) is 0 Å². The highest BCUT2D eigenvalue weighted by Gasteiger charge is 2.08. The zero-order valence-corrected chi connectivity index (χ0v) is 15.0. The monoisotopic (exact) mass is 342 g/mol. The second-order valence-corrected chi connectivity index (χ2v) is 5.89. The fraction of sp³-hybridized carbons (Fsp3) is 0.350. The Hall–Kier alpha value is -2.69. The number of urea groups is 1. The van der Waals surface area contributed by atoms with Crippen LogP contribution in [-0.4, -0.2) is 25.3 Å². The van der Waals surface area contributed by atoms with E-state index in [1.165, 1.54) is 5.56 Å². The molecule has 0 heterocycles. The van der Waals surface area contributed by atoms with Crippen molar-refractivity contribution in [2.45, 2.75) is 33.3 Å². The summed E-state index contributed by atoms with van der Waals surface area (Å²) < 4.78 is 11.3. The highest BCUT2D eigenvalue weighted by atomic mass is 16.5. The van der Waals surface area contributed by atoms with E-state index in [0.717, 1.165) is 12.2 Å². The quantitative estimate of drug-likeness (QED) is 0.706. The van der Waals surface area contributed by atoms with Gasteiger partial charge in [-0.3, -0.25) is 0 Å². The van der Waals surface area contributed by atoms with Gasteiger partial charge in [0.05, 0.1) is 18.3 Å². The van der Waals surface area contributed by atoms with Crippen LogP contribution in [-0.2, 0) is 6.42 Å². The van der Waals surface area contributed by atoms with E-state index in [-0.39, 0.29) is 12.1 Å². The molecular formula is C20H26N2O3. The number of nitrogens with one attached hydrogen (secondary N) is 2. The van der Waals surface area contributed by atoms with Crippen LogP contribution >= 0.6 is 0 Å². The third kappa shape index (κ3) is 6.37. The lowest BCUT2D eigenvalue weighted by Gasteiger charge is -2.15. The van der Waals surface area contributed by atoms with Crippen molar-refractivity contribution in [3.8, 4) is 11.5 Å². The summed E-state index contributed by atoms with van der Waals surface area (Å²) in [6.07, 6.45) is 1.04. The fourth-order valence-corrected chi connectivity index (χ4v) is 2.25. The molecule has 0 radical (unpaired) electrons. The van der Waals surface area contributed by atoms with E-state index in [2.05, 4.69) is 17.6 Å². The summed E-state index contributed by atoms with van der Waals surface area (Å²) in [5.74, 6) is 1.45.